The van der Waals surface area contributed by atoms with E-state index in [-0.39, 0.29) is 23.3 Å². The summed E-state index contributed by atoms with van der Waals surface area (Å²) in [6.45, 7) is 2.54. The lowest BCUT2D eigenvalue weighted by Crippen LogP contribution is -2.43. The summed E-state index contributed by atoms with van der Waals surface area (Å²) in [5, 5.41) is 7.56. The second kappa shape index (κ2) is 9.31. The molecule has 0 radical (unpaired) electrons. The Hall–Kier alpha value is -2.23. The molecule has 0 bridgehead atoms. The Labute approximate surface area is 168 Å². The van der Waals surface area contributed by atoms with Gasteiger partial charge in [0.25, 0.3) is 11.8 Å². The Balaban J connectivity index is 1.40. The maximum atomic E-state index is 12.2. The number of rotatable bonds is 7. The quantitative estimate of drug-likeness (QED) is 0.699. The first-order valence-electron chi connectivity index (χ1n) is 9.04. The lowest BCUT2D eigenvalue weighted by molar-refractivity contribution is 0.0942. The Morgan fingerprint density at radius 2 is 1.71 bits per heavy atom. The summed E-state index contributed by atoms with van der Waals surface area (Å²) in [5.74, 6) is 0.0952. The van der Waals surface area contributed by atoms with Gasteiger partial charge in [-0.1, -0.05) is 18.2 Å². The molecule has 9 heteroatoms. The van der Waals surface area contributed by atoms with Gasteiger partial charge in [0.15, 0.2) is 9.84 Å². The van der Waals surface area contributed by atoms with Gasteiger partial charge in [-0.05, 0) is 29.1 Å². The van der Waals surface area contributed by atoms with Gasteiger partial charge in [-0.3, -0.25) is 14.5 Å². The lowest BCUT2D eigenvalue weighted by atomic mass is 10.1. The van der Waals surface area contributed by atoms with E-state index in [4.69, 9.17) is 0 Å². The average Bonchev–Trinajstić information content (AvgIpc) is 3.22. The van der Waals surface area contributed by atoms with E-state index in [0.717, 1.165) is 5.56 Å². The molecule has 1 saturated heterocycles. The van der Waals surface area contributed by atoms with Crippen LogP contribution in [0.5, 0.6) is 0 Å². The zero-order chi connectivity index (χ0) is 20.0. The zero-order valence-electron chi connectivity index (χ0n) is 15.4. The van der Waals surface area contributed by atoms with E-state index in [9.17, 15) is 18.0 Å². The first-order valence-corrected chi connectivity index (χ1v) is 11.7. The predicted octanol–water partition coefficient (Wildman–Crippen LogP) is 1.14. The van der Waals surface area contributed by atoms with Gasteiger partial charge in [-0.15, -0.1) is 11.3 Å². The van der Waals surface area contributed by atoms with Gasteiger partial charge >= 0.3 is 0 Å². The highest BCUT2D eigenvalue weighted by Gasteiger charge is 2.21. The predicted molar refractivity (Wildman–Crippen MR) is 109 cm³/mol. The molecule has 1 aromatic carbocycles. The highest BCUT2D eigenvalue weighted by Crippen LogP contribution is 2.09. The number of amides is 2. The topological polar surface area (TPSA) is 95.6 Å². The summed E-state index contributed by atoms with van der Waals surface area (Å²) in [7, 11) is -2.88. The summed E-state index contributed by atoms with van der Waals surface area (Å²) in [6.07, 6.45) is 0. The van der Waals surface area contributed by atoms with E-state index >= 15 is 0 Å². The summed E-state index contributed by atoms with van der Waals surface area (Å²) in [6, 6.07) is 10.7. The molecule has 1 aromatic heterocycles. The van der Waals surface area contributed by atoms with Crippen molar-refractivity contribution in [3.8, 4) is 0 Å². The summed E-state index contributed by atoms with van der Waals surface area (Å²) in [4.78, 5) is 26.9. The smallest absolute Gasteiger partial charge is 0.261 e. The van der Waals surface area contributed by atoms with Crippen LogP contribution in [-0.2, 0) is 16.4 Å². The maximum absolute atomic E-state index is 12.2. The van der Waals surface area contributed by atoms with Crippen molar-refractivity contribution in [1.82, 2.24) is 15.5 Å². The lowest BCUT2D eigenvalue weighted by Gasteiger charge is -2.26. The second-order valence-electron chi connectivity index (χ2n) is 6.61. The van der Waals surface area contributed by atoms with Gasteiger partial charge in [0.05, 0.1) is 16.4 Å². The normalized spacial score (nSPS) is 16.4. The van der Waals surface area contributed by atoms with E-state index in [2.05, 4.69) is 10.6 Å². The zero-order valence-corrected chi connectivity index (χ0v) is 17.0. The van der Waals surface area contributed by atoms with E-state index in [1.54, 1.807) is 18.2 Å². The highest BCUT2D eigenvalue weighted by molar-refractivity contribution is 7.91. The molecular formula is C19H23N3O4S2. The van der Waals surface area contributed by atoms with E-state index in [1.807, 2.05) is 28.5 Å². The number of nitrogens with zero attached hydrogens (tertiary/aromatic N) is 1. The monoisotopic (exact) mass is 421 g/mol. The first-order chi connectivity index (χ1) is 13.4. The van der Waals surface area contributed by atoms with Gasteiger partial charge < -0.3 is 10.6 Å². The van der Waals surface area contributed by atoms with Crippen molar-refractivity contribution in [3.63, 3.8) is 0 Å². The Bertz CT molecular complexity index is 895. The average molecular weight is 422 g/mol. The molecule has 150 valence electrons. The third-order valence-electron chi connectivity index (χ3n) is 4.56. The third kappa shape index (κ3) is 5.88. The molecular weight excluding hydrogens is 398 g/mol. The second-order valence-corrected chi connectivity index (χ2v) is 9.86. The maximum Gasteiger partial charge on any atom is 0.261 e. The number of benzene rings is 1. The molecule has 0 saturated carbocycles. The molecule has 0 unspecified atom stereocenters. The largest absolute Gasteiger partial charge is 0.351 e. The van der Waals surface area contributed by atoms with Crippen LogP contribution in [0.4, 0.5) is 0 Å². The number of carbonyl (C=O) groups is 2. The number of hydrogen-bond donors (Lipinski definition) is 2. The van der Waals surface area contributed by atoms with Crippen LogP contribution in [-0.4, -0.2) is 62.8 Å². The molecule has 2 heterocycles. The fourth-order valence-corrected chi connectivity index (χ4v) is 4.77. The van der Waals surface area contributed by atoms with Crippen molar-refractivity contribution in [1.29, 1.82) is 0 Å². The van der Waals surface area contributed by atoms with Gasteiger partial charge in [-0.25, -0.2) is 8.42 Å². The van der Waals surface area contributed by atoms with Gasteiger partial charge in [-0.2, -0.15) is 0 Å². The van der Waals surface area contributed by atoms with Crippen LogP contribution in [0.2, 0.25) is 0 Å². The van der Waals surface area contributed by atoms with Crippen molar-refractivity contribution >= 4 is 33.0 Å². The van der Waals surface area contributed by atoms with Crippen LogP contribution < -0.4 is 10.6 Å². The summed E-state index contributed by atoms with van der Waals surface area (Å²) in [5.41, 5.74) is 1.46. The molecule has 1 aliphatic heterocycles. The van der Waals surface area contributed by atoms with Crippen LogP contribution in [0.15, 0.2) is 41.8 Å². The van der Waals surface area contributed by atoms with E-state index in [0.29, 0.717) is 43.2 Å². The molecule has 0 spiro atoms. The van der Waals surface area contributed by atoms with Crippen LogP contribution in [0.3, 0.4) is 0 Å². The highest BCUT2D eigenvalue weighted by atomic mass is 32.2. The molecule has 0 aliphatic carbocycles. The molecule has 3 rings (SSSR count). The minimum atomic E-state index is -2.88. The molecule has 2 aromatic rings. The van der Waals surface area contributed by atoms with Crippen molar-refractivity contribution in [2.75, 3.05) is 37.7 Å². The molecule has 1 aliphatic rings. The van der Waals surface area contributed by atoms with E-state index < -0.39 is 9.84 Å². The van der Waals surface area contributed by atoms with E-state index in [1.165, 1.54) is 11.3 Å². The number of thiophene rings is 1. The Morgan fingerprint density at radius 3 is 2.36 bits per heavy atom. The fourth-order valence-electron chi connectivity index (χ4n) is 2.85. The fraction of sp³-hybridized carbons (Fsp3) is 0.368. The molecule has 1 fully saturated rings. The molecule has 28 heavy (non-hydrogen) atoms. The van der Waals surface area contributed by atoms with Crippen molar-refractivity contribution < 1.29 is 18.0 Å². The number of hydrogen-bond acceptors (Lipinski definition) is 6. The molecule has 7 nitrogen and oxygen atoms in total. The summed E-state index contributed by atoms with van der Waals surface area (Å²) >= 11 is 1.39. The summed E-state index contributed by atoms with van der Waals surface area (Å²) < 4.78 is 22.8. The van der Waals surface area contributed by atoms with Gasteiger partial charge in [0.1, 0.15) is 0 Å². The molecule has 0 atom stereocenters. The minimum Gasteiger partial charge on any atom is -0.351 e. The molecule has 2 N–H and O–H groups in total. The standard InChI is InChI=1S/C19H23N3O4S2/c23-18(20-7-8-22-9-12-28(25,26)13-10-22)16-5-3-15(4-6-16)14-21-19(24)17-2-1-11-27-17/h1-6,11H,7-10,12-14H2,(H,20,23)(H,21,24). The van der Waals surface area contributed by atoms with Crippen LogP contribution >= 0.6 is 11.3 Å². The van der Waals surface area contributed by atoms with Crippen LogP contribution in [0.1, 0.15) is 25.6 Å². The number of nitrogens with one attached hydrogen (secondary N) is 2. The van der Waals surface area contributed by atoms with Crippen molar-refractivity contribution in [2.45, 2.75) is 6.54 Å². The molecule has 2 amide bonds. The Morgan fingerprint density at radius 1 is 1.00 bits per heavy atom. The van der Waals surface area contributed by atoms with Crippen molar-refractivity contribution in [3.05, 3.63) is 57.8 Å². The van der Waals surface area contributed by atoms with Gasteiger partial charge in [0.2, 0.25) is 0 Å². The van der Waals surface area contributed by atoms with Gasteiger partial charge in [0, 0.05) is 38.3 Å². The van der Waals surface area contributed by atoms with Crippen LogP contribution in [0, 0.1) is 0 Å². The van der Waals surface area contributed by atoms with Crippen molar-refractivity contribution in [2.24, 2.45) is 0 Å². The number of sulfone groups is 1. The SMILES string of the molecule is O=C(NCCN1CCS(=O)(=O)CC1)c1ccc(CNC(=O)c2cccs2)cc1. The number of carbonyl (C=O) groups excluding carboxylic acids is 2. The first kappa shape index (κ1) is 20.5. The third-order valence-corrected chi connectivity index (χ3v) is 7.04. The Kier molecular flexibility index (Phi) is 6.82. The van der Waals surface area contributed by atoms with Crippen LogP contribution in [0.25, 0.3) is 0 Å². The minimum absolute atomic E-state index is 0.109.